The van der Waals surface area contributed by atoms with Crippen molar-refractivity contribution in [3.8, 4) is 5.75 Å². The number of ether oxygens (including phenoxy) is 1. The van der Waals surface area contributed by atoms with Gasteiger partial charge in [0.2, 0.25) is 0 Å². The Morgan fingerprint density at radius 3 is 2.25 bits per heavy atom. The zero-order valence-corrected chi connectivity index (χ0v) is 20.8. The maximum Gasteiger partial charge on any atom is 0.263 e. The lowest BCUT2D eigenvalue weighted by Gasteiger charge is -2.30. The predicted octanol–water partition coefficient (Wildman–Crippen LogP) is 4.39. The van der Waals surface area contributed by atoms with Crippen LogP contribution in [0, 0.1) is 0 Å². The molecule has 0 aliphatic heterocycles. The van der Waals surface area contributed by atoms with Crippen LogP contribution in [0.15, 0.2) is 47.4 Å². The van der Waals surface area contributed by atoms with Crippen LogP contribution >= 0.6 is 11.6 Å². The third-order valence-corrected chi connectivity index (χ3v) is 6.75. The first kappa shape index (κ1) is 26.0. The highest BCUT2D eigenvalue weighted by Crippen LogP contribution is 2.26. The SMILES string of the molecule is CCOc1ccc(NS(=O)(=O)c2cc(C(=O)NCCN(C(C)C)C(C)C)ccc2Cl)cc1. The summed E-state index contributed by atoms with van der Waals surface area (Å²) in [4.78, 5) is 14.7. The van der Waals surface area contributed by atoms with Gasteiger partial charge in [0.15, 0.2) is 0 Å². The molecule has 7 nitrogen and oxygen atoms in total. The number of benzene rings is 2. The molecule has 32 heavy (non-hydrogen) atoms. The summed E-state index contributed by atoms with van der Waals surface area (Å²) in [6.45, 7) is 12.0. The van der Waals surface area contributed by atoms with Gasteiger partial charge in [-0.2, -0.15) is 0 Å². The van der Waals surface area contributed by atoms with Crippen molar-refractivity contribution >= 4 is 33.2 Å². The van der Waals surface area contributed by atoms with Gasteiger partial charge in [-0.05, 0) is 77.1 Å². The van der Waals surface area contributed by atoms with E-state index in [1.54, 1.807) is 24.3 Å². The number of rotatable bonds is 11. The molecule has 2 N–H and O–H groups in total. The molecule has 176 valence electrons. The standard InChI is InChI=1S/C23H32ClN3O4S/c1-6-31-20-10-8-19(9-11-20)26-32(29,30)22-15-18(7-12-21(22)24)23(28)25-13-14-27(16(2)3)17(4)5/h7-12,15-17,26H,6,13-14H2,1-5H3,(H,25,28). The number of hydrogen-bond donors (Lipinski definition) is 2. The second-order valence-corrected chi connectivity index (χ2v) is 9.95. The molecule has 0 aliphatic rings. The summed E-state index contributed by atoms with van der Waals surface area (Å²) >= 11 is 6.16. The van der Waals surface area contributed by atoms with E-state index in [4.69, 9.17) is 16.3 Å². The highest BCUT2D eigenvalue weighted by Gasteiger charge is 2.21. The zero-order chi connectivity index (χ0) is 23.9. The largest absolute Gasteiger partial charge is 0.494 e. The normalized spacial score (nSPS) is 11.8. The van der Waals surface area contributed by atoms with Crippen LogP contribution in [0.4, 0.5) is 5.69 Å². The van der Waals surface area contributed by atoms with E-state index in [1.807, 2.05) is 6.92 Å². The van der Waals surface area contributed by atoms with E-state index >= 15 is 0 Å². The van der Waals surface area contributed by atoms with E-state index in [2.05, 4.69) is 42.6 Å². The van der Waals surface area contributed by atoms with E-state index in [0.29, 0.717) is 43.2 Å². The third-order valence-electron chi connectivity index (χ3n) is 4.88. The Morgan fingerprint density at radius 2 is 1.69 bits per heavy atom. The van der Waals surface area contributed by atoms with Crippen LogP contribution in [0.3, 0.4) is 0 Å². The molecule has 9 heteroatoms. The predicted molar refractivity (Wildman–Crippen MR) is 129 cm³/mol. The summed E-state index contributed by atoms with van der Waals surface area (Å²) < 4.78 is 33.6. The minimum Gasteiger partial charge on any atom is -0.494 e. The highest BCUT2D eigenvalue weighted by atomic mass is 35.5. The Morgan fingerprint density at radius 1 is 1.06 bits per heavy atom. The topological polar surface area (TPSA) is 87.7 Å². The van der Waals surface area contributed by atoms with Crippen LogP contribution < -0.4 is 14.8 Å². The number of sulfonamides is 1. The lowest BCUT2D eigenvalue weighted by atomic mass is 10.2. The zero-order valence-electron chi connectivity index (χ0n) is 19.2. The number of carbonyl (C=O) groups excluding carboxylic acids is 1. The quantitative estimate of drug-likeness (QED) is 0.497. The maximum absolute atomic E-state index is 12.9. The Balaban J connectivity index is 2.12. The lowest BCUT2D eigenvalue weighted by Crippen LogP contribution is -2.42. The van der Waals surface area contributed by atoms with E-state index in [1.165, 1.54) is 18.2 Å². The second kappa shape index (κ2) is 11.5. The first-order chi connectivity index (χ1) is 15.0. The van der Waals surface area contributed by atoms with Gasteiger partial charge in [0.25, 0.3) is 15.9 Å². The summed E-state index contributed by atoms with van der Waals surface area (Å²) in [7, 11) is -3.99. The summed E-state index contributed by atoms with van der Waals surface area (Å²) in [6.07, 6.45) is 0. The lowest BCUT2D eigenvalue weighted by molar-refractivity contribution is 0.0939. The molecule has 0 heterocycles. The molecule has 0 bridgehead atoms. The molecule has 0 radical (unpaired) electrons. The fraction of sp³-hybridized carbons (Fsp3) is 0.435. The first-order valence-electron chi connectivity index (χ1n) is 10.6. The molecule has 2 aromatic rings. The van der Waals surface area contributed by atoms with E-state index in [-0.39, 0.29) is 21.4 Å². The van der Waals surface area contributed by atoms with Gasteiger partial charge in [-0.25, -0.2) is 8.42 Å². The van der Waals surface area contributed by atoms with Crippen molar-refractivity contribution in [2.45, 2.75) is 51.6 Å². The smallest absolute Gasteiger partial charge is 0.263 e. The van der Waals surface area contributed by atoms with Gasteiger partial charge in [-0.3, -0.25) is 14.4 Å². The molecule has 0 saturated carbocycles. The van der Waals surface area contributed by atoms with Crippen LogP contribution in [0.25, 0.3) is 0 Å². The van der Waals surface area contributed by atoms with Crippen molar-refractivity contribution in [1.82, 2.24) is 10.2 Å². The third kappa shape index (κ3) is 7.12. The molecule has 0 aliphatic carbocycles. The number of halogens is 1. The van der Waals surface area contributed by atoms with E-state index < -0.39 is 10.0 Å². The molecule has 0 saturated heterocycles. The van der Waals surface area contributed by atoms with Crippen molar-refractivity contribution in [2.75, 3.05) is 24.4 Å². The molecule has 1 amide bonds. The van der Waals surface area contributed by atoms with Crippen LogP contribution in [0.2, 0.25) is 5.02 Å². The van der Waals surface area contributed by atoms with Gasteiger partial charge in [0.05, 0.1) is 11.6 Å². The Bertz CT molecular complexity index is 1000. The minimum atomic E-state index is -3.99. The van der Waals surface area contributed by atoms with E-state index in [0.717, 1.165) is 0 Å². The number of anilines is 1. The maximum atomic E-state index is 12.9. The molecule has 0 unspecified atom stereocenters. The molecule has 0 spiro atoms. The summed E-state index contributed by atoms with van der Waals surface area (Å²) in [5.41, 5.74) is 0.587. The Hall–Kier alpha value is -2.29. The molecule has 0 fully saturated rings. The molecular weight excluding hydrogens is 450 g/mol. The Kier molecular flexibility index (Phi) is 9.36. The van der Waals surface area contributed by atoms with Crippen molar-refractivity contribution in [3.05, 3.63) is 53.1 Å². The van der Waals surface area contributed by atoms with Gasteiger partial charge < -0.3 is 10.1 Å². The van der Waals surface area contributed by atoms with Crippen LogP contribution in [-0.4, -0.2) is 51.0 Å². The molecular formula is C23H32ClN3O4S. The van der Waals surface area contributed by atoms with Crippen molar-refractivity contribution < 1.29 is 17.9 Å². The fourth-order valence-electron chi connectivity index (χ4n) is 3.36. The number of nitrogens with one attached hydrogen (secondary N) is 2. The monoisotopic (exact) mass is 481 g/mol. The molecule has 2 rings (SSSR count). The molecule has 2 aromatic carbocycles. The van der Waals surface area contributed by atoms with Crippen molar-refractivity contribution in [1.29, 1.82) is 0 Å². The second-order valence-electron chi connectivity index (χ2n) is 7.89. The average molecular weight is 482 g/mol. The van der Waals surface area contributed by atoms with Gasteiger partial charge in [-0.1, -0.05) is 11.6 Å². The van der Waals surface area contributed by atoms with Crippen molar-refractivity contribution in [2.24, 2.45) is 0 Å². The minimum absolute atomic E-state index is 0.0331. The van der Waals surface area contributed by atoms with Gasteiger partial charge >= 0.3 is 0 Å². The molecule has 0 aromatic heterocycles. The first-order valence-corrected chi connectivity index (χ1v) is 12.5. The van der Waals surface area contributed by atoms with Crippen LogP contribution in [-0.2, 0) is 10.0 Å². The Labute approximate surface area is 196 Å². The van der Waals surface area contributed by atoms with Gasteiger partial charge in [0, 0.05) is 36.4 Å². The summed E-state index contributed by atoms with van der Waals surface area (Å²) in [5, 5.41) is 2.89. The van der Waals surface area contributed by atoms with Crippen LogP contribution in [0.1, 0.15) is 45.0 Å². The van der Waals surface area contributed by atoms with Crippen LogP contribution in [0.5, 0.6) is 5.75 Å². The highest BCUT2D eigenvalue weighted by molar-refractivity contribution is 7.92. The number of carbonyl (C=O) groups is 1. The fourth-order valence-corrected chi connectivity index (χ4v) is 4.95. The number of amides is 1. The number of nitrogens with zero attached hydrogens (tertiary/aromatic N) is 1. The van der Waals surface area contributed by atoms with Gasteiger partial charge in [0.1, 0.15) is 10.6 Å². The van der Waals surface area contributed by atoms with Crippen molar-refractivity contribution in [3.63, 3.8) is 0 Å². The number of hydrogen-bond acceptors (Lipinski definition) is 5. The summed E-state index contributed by atoms with van der Waals surface area (Å²) in [6, 6.07) is 11.5. The average Bonchev–Trinajstić information content (AvgIpc) is 2.72. The van der Waals surface area contributed by atoms with Gasteiger partial charge in [-0.15, -0.1) is 0 Å². The van der Waals surface area contributed by atoms with E-state index in [9.17, 15) is 13.2 Å². The summed E-state index contributed by atoms with van der Waals surface area (Å²) in [5.74, 6) is 0.285. The molecule has 0 atom stereocenters.